The molecule has 1 fully saturated rings. The number of aliphatic hydroxyl groups is 1. The number of halogens is 1. The molecule has 1 N–H and O–H groups in total. The monoisotopic (exact) mass is 524 g/mol. The van der Waals surface area contributed by atoms with Crippen molar-refractivity contribution in [1.29, 1.82) is 0 Å². The number of carbonyl (C=O) groups excluding carboxylic acids is 2. The smallest absolute Gasteiger partial charge is 0.261 e. The summed E-state index contributed by atoms with van der Waals surface area (Å²) in [6.45, 7) is 3.30. The number of aliphatic hydroxyl groups excluding tert-OH is 1. The summed E-state index contributed by atoms with van der Waals surface area (Å²) in [7, 11) is 1.63. The van der Waals surface area contributed by atoms with Crippen LogP contribution in [0.1, 0.15) is 39.1 Å². The van der Waals surface area contributed by atoms with E-state index in [1.54, 1.807) is 7.11 Å². The second-order valence-electron chi connectivity index (χ2n) is 9.69. The van der Waals surface area contributed by atoms with E-state index in [0.29, 0.717) is 30.8 Å². The maximum atomic E-state index is 13.2. The zero-order chi connectivity index (χ0) is 25.1. The second kappa shape index (κ2) is 12.0. The highest BCUT2D eigenvalue weighted by molar-refractivity contribution is 6.25. The van der Waals surface area contributed by atoms with E-state index in [-0.39, 0.29) is 36.7 Å². The van der Waals surface area contributed by atoms with E-state index in [1.807, 2.05) is 60.7 Å². The Kier molecular flexibility index (Phi) is 8.82. The van der Waals surface area contributed by atoms with Crippen molar-refractivity contribution in [2.24, 2.45) is 5.92 Å². The lowest BCUT2D eigenvalue weighted by molar-refractivity contribution is 0.00357. The van der Waals surface area contributed by atoms with E-state index in [4.69, 9.17) is 9.47 Å². The number of β-amino-alcohol motifs (C(OH)–C–C–N with tert-alkyl or cyclic N) is 1. The number of hydrogen-bond acceptors (Lipinski definition) is 6. The first-order valence-corrected chi connectivity index (χ1v) is 12.5. The van der Waals surface area contributed by atoms with Crippen LogP contribution in [0.4, 0.5) is 0 Å². The minimum absolute atomic E-state index is 0. The lowest BCUT2D eigenvalue weighted by Crippen LogP contribution is -2.46. The van der Waals surface area contributed by atoms with E-state index in [9.17, 15) is 14.7 Å². The summed E-state index contributed by atoms with van der Waals surface area (Å²) in [5.74, 6) is 0.638. The van der Waals surface area contributed by atoms with Crippen LogP contribution in [0.5, 0.6) is 5.75 Å². The molecule has 0 saturated carbocycles. The number of rotatable bonds is 9. The van der Waals surface area contributed by atoms with Gasteiger partial charge >= 0.3 is 0 Å². The molecule has 1 unspecified atom stereocenters. The lowest BCUT2D eigenvalue weighted by Gasteiger charge is -2.36. The van der Waals surface area contributed by atoms with E-state index in [1.165, 1.54) is 4.90 Å². The van der Waals surface area contributed by atoms with Crippen molar-refractivity contribution < 1.29 is 24.2 Å². The van der Waals surface area contributed by atoms with E-state index in [0.717, 1.165) is 48.0 Å². The van der Waals surface area contributed by atoms with Gasteiger partial charge in [0.25, 0.3) is 11.8 Å². The zero-order valence-corrected chi connectivity index (χ0v) is 21.8. The predicted octanol–water partition coefficient (Wildman–Crippen LogP) is 4.16. The standard InChI is InChI=1S/C29H32N2O5.ClH/c1-35-24-8-2-5-21(15-24)18-36-19-23(32)17-30-13-11-20(12-14-30)16-31-28(33)25-9-3-6-22-7-4-10-26(27(22)25)29(31)34;/h2-10,15,20,23,32H,11-14,16-19H2,1H3;1H. The van der Waals surface area contributed by atoms with Crippen LogP contribution in [-0.4, -0.2) is 72.7 Å². The number of likely N-dealkylation sites (tertiary alicyclic amines) is 1. The van der Waals surface area contributed by atoms with Crippen molar-refractivity contribution in [3.05, 3.63) is 77.4 Å². The highest BCUT2D eigenvalue weighted by Crippen LogP contribution is 2.31. The Hall–Kier alpha value is -2.97. The maximum absolute atomic E-state index is 13.2. The average molecular weight is 525 g/mol. The minimum Gasteiger partial charge on any atom is -0.497 e. The van der Waals surface area contributed by atoms with Crippen LogP contribution in [0, 0.1) is 5.92 Å². The molecule has 1 atom stereocenters. The molecule has 0 aliphatic carbocycles. The molecule has 2 heterocycles. The van der Waals surface area contributed by atoms with E-state index < -0.39 is 6.10 Å². The van der Waals surface area contributed by atoms with Crippen LogP contribution in [0.2, 0.25) is 0 Å². The van der Waals surface area contributed by atoms with Gasteiger partial charge in [-0.1, -0.05) is 36.4 Å². The van der Waals surface area contributed by atoms with Gasteiger partial charge in [-0.25, -0.2) is 0 Å². The molecular weight excluding hydrogens is 492 g/mol. The normalized spacial score (nSPS) is 17.1. The van der Waals surface area contributed by atoms with Gasteiger partial charge in [0.2, 0.25) is 0 Å². The van der Waals surface area contributed by atoms with Gasteiger partial charge in [-0.15, -0.1) is 12.4 Å². The summed E-state index contributed by atoms with van der Waals surface area (Å²) in [4.78, 5) is 30.0. The Labute approximate surface area is 223 Å². The number of imide groups is 1. The predicted molar refractivity (Wildman–Crippen MR) is 144 cm³/mol. The highest BCUT2D eigenvalue weighted by Gasteiger charge is 2.34. The quantitative estimate of drug-likeness (QED) is 0.424. The number of methoxy groups -OCH3 is 1. The largest absolute Gasteiger partial charge is 0.497 e. The maximum Gasteiger partial charge on any atom is 0.261 e. The van der Waals surface area contributed by atoms with Gasteiger partial charge in [0.1, 0.15) is 5.75 Å². The lowest BCUT2D eigenvalue weighted by atomic mass is 9.91. The topological polar surface area (TPSA) is 79.3 Å². The van der Waals surface area contributed by atoms with Crippen LogP contribution in [0.25, 0.3) is 10.8 Å². The molecule has 2 aliphatic rings. The van der Waals surface area contributed by atoms with Crippen molar-refractivity contribution >= 4 is 35.0 Å². The fourth-order valence-electron chi connectivity index (χ4n) is 5.28. The van der Waals surface area contributed by atoms with Gasteiger partial charge in [0, 0.05) is 29.6 Å². The summed E-state index contributed by atoms with van der Waals surface area (Å²) < 4.78 is 10.9. The average Bonchev–Trinajstić information content (AvgIpc) is 2.90. The number of carbonyl (C=O) groups is 2. The summed E-state index contributed by atoms with van der Waals surface area (Å²) in [6, 6.07) is 18.9. The molecule has 5 rings (SSSR count). The van der Waals surface area contributed by atoms with Gasteiger partial charge < -0.3 is 19.5 Å². The molecule has 0 spiro atoms. The molecule has 0 radical (unpaired) electrons. The number of amides is 2. The van der Waals surface area contributed by atoms with Gasteiger partial charge in [0.15, 0.2) is 0 Å². The summed E-state index contributed by atoms with van der Waals surface area (Å²) >= 11 is 0. The zero-order valence-electron chi connectivity index (χ0n) is 21.0. The minimum atomic E-state index is -0.575. The Bertz CT molecular complexity index is 1210. The molecule has 8 heteroatoms. The van der Waals surface area contributed by atoms with Crippen molar-refractivity contribution in [3.8, 4) is 5.75 Å². The molecule has 0 aromatic heterocycles. The van der Waals surface area contributed by atoms with Gasteiger partial charge in [-0.3, -0.25) is 14.5 Å². The number of benzene rings is 3. The van der Waals surface area contributed by atoms with Crippen LogP contribution < -0.4 is 4.74 Å². The third-order valence-electron chi connectivity index (χ3n) is 7.19. The fraction of sp³-hybridized carbons (Fsp3) is 0.379. The third-order valence-corrected chi connectivity index (χ3v) is 7.19. The van der Waals surface area contributed by atoms with Crippen molar-refractivity contribution in [3.63, 3.8) is 0 Å². The fourth-order valence-corrected chi connectivity index (χ4v) is 5.28. The molecule has 0 bridgehead atoms. The van der Waals surface area contributed by atoms with Crippen LogP contribution in [-0.2, 0) is 11.3 Å². The summed E-state index contributed by atoms with van der Waals surface area (Å²) in [6.07, 6.45) is 1.18. The summed E-state index contributed by atoms with van der Waals surface area (Å²) in [5, 5.41) is 12.1. The van der Waals surface area contributed by atoms with Gasteiger partial charge in [0.05, 0.1) is 26.4 Å². The molecule has 196 valence electrons. The first-order valence-electron chi connectivity index (χ1n) is 12.5. The van der Waals surface area contributed by atoms with Gasteiger partial charge in [-0.05, 0) is 67.1 Å². The molecule has 3 aromatic rings. The molecule has 37 heavy (non-hydrogen) atoms. The van der Waals surface area contributed by atoms with Gasteiger partial charge in [-0.2, -0.15) is 0 Å². The van der Waals surface area contributed by atoms with E-state index in [2.05, 4.69) is 4.90 Å². The second-order valence-corrected chi connectivity index (χ2v) is 9.69. The van der Waals surface area contributed by atoms with Crippen molar-refractivity contribution in [2.75, 3.05) is 39.9 Å². The summed E-state index contributed by atoms with van der Waals surface area (Å²) in [5.41, 5.74) is 2.22. The van der Waals surface area contributed by atoms with E-state index >= 15 is 0 Å². The Balaban J connectivity index is 0.00000320. The number of piperidine rings is 1. The third kappa shape index (κ3) is 5.96. The van der Waals surface area contributed by atoms with Crippen LogP contribution >= 0.6 is 12.4 Å². The molecule has 2 amide bonds. The highest BCUT2D eigenvalue weighted by atomic mass is 35.5. The van der Waals surface area contributed by atoms with Crippen molar-refractivity contribution in [1.82, 2.24) is 9.80 Å². The Morgan fingerprint density at radius 3 is 2.27 bits per heavy atom. The number of hydrogen-bond donors (Lipinski definition) is 1. The molecule has 7 nitrogen and oxygen atoms in total. The SMILES string of the molecule is COc1cccc(COCC(O)CN2CCC(CN3C(=O)c4cccc5cccc(c45)C3=O)CC2)c1.Cl. The molecule has 3 aromatic carbocycles. The number of nitrogens with zero attached hydrogens (tertiary/aromatic N) is 2. The first kappa shape index (κ1) is 27.1. The van der Waals surface area contributed by atoms with Crippen LogP contribution in [0.15, 0.2) is 60.7 Å². The molecular formula is C29H33ClN2O5. The molecule has 2 aliphatic heterocycles. The number of ether oxygens (including phenoxy) is 2. The first-order chi connectivity index (χ1) is 17.5. The Morgan fingerprint density at radius 2 is 1.62 bits per heavy atom. The Morgan fingerprint density at radius 1 is 0.973 bits per heavy atom. The van der Waals surface area contributed by atoms with Crippen molar-refractivity contribution in [2.45, 2.75) is 25.6 Å². The van der Waals surface area contributed by atoms with Crippen LogP contribution in [0.3, 0.4) is 0 Å². The molecule has 1 saturated heterocycles.